The molecular weight excluding hydrogens is 218 g/mol. The first-order chi connectivity index (χ1) is 7.24. The Labute approximate surface area is 90.9 Å². The van der Waals surface area contributed by atoms with Crippen LogP contribution >= 0.6 is 11.6 Å². The number of nitrogens with one attached hydrogen (secondary N) is 1. The van der Waals surface area contributed by atoms with E-state index in [4.69, 9.17) is 16.7 Å². The van der Waals surface area contributed by atoms with Gasteiger partial charge >= 0.3 is 0 Å². The molecule has 80 valence electrons. The number of fused-ring (bicyclic) bond motifs is 1. The van der Waals surface area contributed by atoms with Crippen LogP contribution in [0, 0.1) is 6.92 Å². The molecule has 0 unspecified atom stereocenters. The number of aliphatic hydroxyl groups is 1. The zero-order valence-electron chi connectivity index (χ0n) is 8.11. The van der Waals surface area contributed by atoms with Gasteiger partial charge in [-0.2, -0.15) is 14.6 Å². The third-order valence-corrected chi connectivity index (χ3v) is 2.39. The van der Waals surface area contributed by atoms with Crippen LogP contribution in [0.4, 0.5) is 5.82 Å². The molecule has 0 aliphatic carbocycles. The molecule has 0 aromatic carbocycles. The van der Waals surface area contributed by atoms with Gasteiger partial charge in [-0.1, -0.05) is 11.6 Å². The van der Waals surface area contributed by atoms with E-state index in [0.29, 0.717) is 28.9 Å². The fraction of sp³-hybridized carbons (Fsp3) is 0.375. The average Bonchev–Trinajstić information content (AvgIpc) is 2.66. The maximum absolute atomic E-state index is 8.74. The van der Waals surface area contributed by atoms with Crippen LogP contribution < -0.4 is 5.32 Å². The van der Waals surface area contributed by atoms with Crippen molar-refractivity contribution in [2.24, 2.45) is 0 Å². The van der Waals surface area contributed by atoms with Crippen LogP contribution in [0.5, 0.6) is 0 Å². The predicted molar refractivity (Wildman–Crippen MR) is 56.1 cm³/mol. The Bertz CT molecular complexity index is 483. The molecule has 2 aromatic rings. The highest BCUT2D eigenvalue weighted by Gasteiger charge is 2.11. The molecule has 0 aliphatic rings. The number of hydrogen-bond donors (Lipinski definition) is 2. The van der Waals surface area contributed by atoms with Crippen LogP contribution in [0.15, 0.2) is 6.33 Å². The van der Waals surface area contributed by atoms with Crippen molar-refractivity contribution in [2.45, 2.75) is 6.92 Å². The normalized spacial score (nSPS) is 10.9. The lowest BCUT2D eigenvalue weighted by atomic mass is 10.4. The SMILES string of the molecule is Cc1nc2ncnn2c(NCCO)c1Cl. The van der Waals surface area contributed by atoms with Gasteiger partial charge in [0.15, 0.2) is 5.82 Å². The van der Waals surface area contributed by atoms with E-state index in [1.807, 2.05) is 0 Å². The van der Waals surface area contributed by atoms with Crippen LogP contribution in [-0.4, -0.2) is 37.8 Å². The van der Waals surface area contributed by atoms with Gasteiger partial charge in [-0.05, 0) is 6.92 Å². The number of aryl methyl sites for hydroxylation is 1. The molecule has 0 radical (unpaired) electrons. The largest absolute Gasteiger partial charge is 0.395 e. The first-order valence-corrected chi connectivity index (χ1v) is 4.82. The van der Waals surface area contributed by atoms with Crippen molar-refractivity contribution in [1.82, 2.24) is 19.6 Å². The Morgan fingerprint density at radius 2 is 2.40 bits per heavy atom. The Morgan fingerprint density at radius 1 is 1.60 bits per heavy atom. The standard InChI is InChI=1S/C8H10ClN5O/c1-5-6(9)7(10-2-3-15)14-8(13-5)11-4-12-14/h4,10,15H,2-3H2,1H3. The lowest BCUT2D eigenvalue weighted by Gasteiger charge is -2.09. The molecule has 7 heteroatoms. The molecule has 0 amide bonds. The van der Waals surface area contributed by atoms with E-state index in [0.717, 1.165) is 0 Å². The van der Waals surface area contributed by atoms with Gasteiger partial charge in [0.05, 0.1) is 12.3 Å². The van der Waals surface area contributed by atoms with Crippen LogP contribution in [0.3, 0.4) is 0 Å². The highest BCUT2D eigenvalue weighted by molar-refractivity contribution is 6.33. The van der Waals surface area contributed by atoms with Crippen molar-refractivity contribution in [3.8, 4) is 0 Å². The molecule has 0 saturated carbocycles. The summed E-state index contributed by atoms with van der Waals surface area (Å²) >= 11 is 6.07. The second-order valence-electron chi connectivity index (χ2n) is 2.98. The highest BCUT2D eigenvalue weighted by atomic mass is 35.5. The summed E-state index contributed by atoms with van der Waals surface area (Å²) in [5.74, 6) is 1.09. The van der Waals surface area contributed by atoms with Crippen molar-refractivity contribution in [1.29, 1.82) is 0 Å². The van der Waals surface area contributed by atoms with Gasteiger partial charge in [0.2, 0.25) is 0 Å². The minimum Gasteiger partial charge on any atom is -0.395 e. The van der Waals surface area contributed by atoms with Crippen molar-refractivity contribution >= 4 is 23.2 Å². The van der Waals surface area contributed by atoms with Gasteiger partial charge in [-0.15, -0.1) is 0 Å². The Balaban J connectivity index is 2.56. The zero-order valence-corrected chi connectivity index (χ0v) is 8.86. The van der Waals surface area contributed by atoms with Gasteiger partial charge in [0.25, 0.3) is 5.78 Å². The van der Waals surface area contributed by atoms with Crippen LogP contribution in [0.1, 0.15) is 5.69 Å². The molecule has 6 nitrogen and oxygen atoms in total. The van der Waals surface area contributed by atoms with Crippen LogP contribution in [-0.2, 0) is 0 Å². The summed E-state index contributed by atoms with van der Waals surface area (Å²) in [5.41, 5.74) is 0.678. The summed E-state index contributed by atoms with van der Waals surface area (Å²) in [7, 11) is 0. The number of anilines is 1. The molecule has 2 heterocycles. The summed E-state index contributed by atoms with van der Waals surface area (Å²) < 4.78 is 1.50. The molecule has 2 aromatic heterocycles. The maximum atomic E-state index is 8.74. The number of halogens is 1. The second kappa shape index (κ2) is 4.00. The number of aromatic nitrogens is 4. The topological polar surface area (TPSA) is 75.3 Å². The first-order valence-electron chi connectivity index (χ1n) is 4.44. The van der Waals surface area contributed by atoms with E-state index in [9.17, 15) is 0 Å². The maximum Gasteiger partial charge on any atom is 0.254 e. The smallest absolute Gasteiger partial charge is 0.254 e. The van der Waals surface area contributed by atoms with E-state index in [1.54, 1.807) is 6.92 Å². The van der Waals surface area contributed by atoms with E-state index in [2.05, 4.69) is 20.4 Å². The predicted octanol–water partition coefficient (Wildman–Crippen LogP) is 0.490. The molecule has 15 heavy (non-hydrogen) atoms. The minimum absolute atomic E-state index is 0.0217. The Hall–Kier alpha value is -1.40. The second-order valence-corrected chi connectivity index (χ2v) is 3.36. The van der Waals surface area contributed by atoms with Gasteiger partial charge in [0.1, 0.15) is 11.3 Å². The summed E-state index contributed by atoms with van der Waals surface area (Å²) in [6, 6.07) is 0. The lowest BCUT2D eigenvalue weighted by molar-refractivity contribution is 0.311. The lowest BCUT2D eigenvalue weighted by Crippen LogP contribution is -2.11. The van der Waals surface area contributed by atoms with Crippen molar-refractivity contribution in [3.63, 3.8) is 0 Å². The molecule has 0 atom stereocenters. The summed E-state index contributed by atoms with van der Waals surface area (Å²) in [4.78, 5) is 8.13. The minimum atomic E-state index is 0.0217. The Morgan fingerprint density at radius 3 is 3.13 bits per heavy atom. The van der Waals surface area contributed by atoms with E-state index < -0.39 is 0 Å². The molecule has 0 saturated heterocycles. The summed E-state index contributed by atoms with van der Waals surface area (Å²) in [6.45, 7) is 2.22. The fourth-order valence-electron chi connectivity index (χ4n) is 1.26. The third-order valence-electron chi connectivity index (χ3n) is 1.94. The van der Waals surface area contributed by atoms with Gasteiger partial charge < -0.3 is 10.4 Å². The molecule has 0 bridgehead atoms. The third kappa shape index (κ3) is 1.73. The van der Waals surface area contributed by atoms with E-state index in [1.165, 1.54) is 10.8 Å². The molecular formula is C8H10ClN5O. The first kappa shape index (κ1) is 10.1. The quantitative estimate of drug-likeness (QED) is 0.798. The van der Waals surface area contributed by atoms with Crippen LogP contribution in [0.2, 0.25) is 5.02 Å². The summed E-state index contributed by atoms with van der Waals surface area (Å²) in [6.07, 6.45) is 1.40. The molecule has 0 spiro atoms. The number of nitrogens with zero attached hydrogens (tertiary/aromatic N) is 4. The number of aliphatic hydroxyl groups excluding tert-OH is 1. The number of hydrogen-bond acceptors (Lipinski definition) is 5. The van der Waals surface area contributed by atoms with E-state index >= 15 is 0 Å². The monoisotopic (exact) mass is 227 g/mol. The van der Waals surface area contributed by atoms with Crippen molar-refractivity contribution in [2.75, 3.05) is 18.5 Å². The number of rotatable bonds is 3. The van der Waals surface area contributed by atoms with E-state index in [-0.39, 0.29) is 6.61 Å². The van der Waals surface area contributed by atoms with Crippen molar-refractivity contribution < 1.29 is 5.11 Å². The Kier molecular flexibility index (Phi) is 2.70. The molecule has 0 fully saturated rings. The average molecular weight is 228 g/mol. The zero-order chi connectivity index (χ0) is 10.8. The van der Waals surface area contributed by atoms with Gasteiger partial charge in [-0.25, -0.2) is 4.98 Å². The van der Waals surface area contributed by atoms with Crippen molar-refractivity contribution in [3.05, 3.63) is 17.0 Å². The summed E-state index contributed by atoms with van der Waals surface area (Å²) in [5, 5.41) is 16.2. The van der Waals surface area contributed by atoms with Gasteiger partial charge in [0, 0.05) is 6.54 Å². The molecule has 2 rings (SSSR count). The molecule has 2 N–H and O–H groups in total. The molecule has 0 aliphatic heterocycles. The van der Waals surface area contributed by atoms with Crippen LogP contribution in [0.25, 0.3) is 5.78 Å². The van der Waals surface area contributed by atoms with Gasteiger partial charge in [-0.3, -0.25) is 0 Å². The highest BCUT2D eigenvalue weighted by Crippen LogP contribution is 2.23. The fourth-order valence-corrected chi connectivity index (χ4v) is 1.45.